The molecule has 8 heteroatoms. The van der Waals surface area contributed by atoms with Gasteiger partial charge in [-0.05, 0) is 56.8 Å². The molecule has 1 unspecified atom stereocenters. The van der Waals surface area contributed by atoms with Crippen molar-refractivity contribution >= 4 is 11.7 Å². The van der Waals surface area contributed by atoms with Gasteiger partial charge in [-0.2, -0.15) is 4.98 Å². The monoisotopic (exact) mass is 384 g/mol. The summed E-state index contributed by atoms with van der Waals surface area (Å²) in [5, 5.41) is 4.11. The molecule has 0 aromatic carbocycles. The smallest absolute Gasteiger partial charge is 0.241 e. The summed E-state index contributed by atoms with van der Waals surface area (Å²) in [7, 11) is 0. The van der Waals surface area contributed by atoms with Crippen LogP contribution in [0.5, 0.6) is 0 Å². The summed E-state index contributed by atoms with van der Waals surface area (Å²) >= 11 is 0. The molecule has 2 aliphatic heterocycles. The van der Waals surface area contributed by atoms with Gasteiger partial charge in [0.15, 0.2) is 0 Å². The first kappa shape index (κ1) is 18.9. The van der Waals surface area contributed by atoms with E-state index >= 15 is 0 Å². The Bertz CT molecular complexity index is 797. The SMILES string of the molecule is CC1CCCN(c2ccc(-c3noc(CN4CCC(C(N)=O)CC4)n3)cn2)C1. The van der Waals surface area contributed by atoms with Crippen LogP contribution in [0.1, 0.15) is 38.5 Å². The number of primary amides is 1. The maximum atomic E-state index is 11.3. The number of aromatic nitrogens is 3. The van der Waals surface area contributed by atoms with Crippen LogP contribution in [0.4, 0.5) is 5.82 Å². The van der Waals surface area contributed by atoms with Gasteiger partial charge >= 0.3 is 0 Å². The van der Waals surface area contributed by atoms with Gasteiger partial charge in [0.1, 0.15) is 5.82 Å². The summed E-state index contributed by atoms with van der Waals surface area (Å²) in [5.41, 5.74) is 6.25. The second-order valence-electron chi connectivity index (χ2n) is 8.06. The maximum absolute atomic E-state index is 11.3. The maximum Gasteiger partial charge on any atom is 0.241 e. The van der Waals surface area contributed by atoms with Crippen LogP contribution in [0, 0.1) is 11.8 Å². The summed E-state index contributed by atoms with van der Waals surface area (Å²) in [6, 6.07) is 4.05. The van der Waals surface area contributed by atoms with E-state index in [1.807, 2.05) is 18.3 Å². The Balaban J connectivity index is 1.36. The lowest BCUT2D eigenvalue weighted by Gasteiger charge is -2.31. The zero-order valence-corrected chi connectivity index (χ0v) is 16.4. The second-order valence-corrected chi connectivity index (χ2v) is 8.06. The Kier molecular flexibility index (Phi) is 5.57. The molecule has 0 radical (unpaired) electrons. The number of anilines is 1. The molecule has 0 spiro atoms. The zero-order chi connectivity index (χ0) is 19.5. The molecule has 1 atom stereocenters. The molecule has 2 saturated heterocycles. The molecule has 0 saturated carbocycles. The molecular weight excluding hydrogens is 356 g/mol. The van der Waals surface area contributed by atoms with Gasteiger partial charge in [-0.15, -0.1) is 0 Å². The highest BCUT2D eigenvalue weighted by atomic mass is 16.5. The van der Waals surface area contributed by atoms with Crippen molar-refractivity contribution in [3.05, 3.63) is 24.2 Å². The van der Waals surface area contributed by atoms with E-state index < -0.39 is 0 Å². The van der Waals surface area contributed by atoms with Crippen LogP contribution in [0.2, 0.25) is 0 Å². The van der Waals surface area contributed by atoms with Gasteiger partial charge in [-0.3, -0.25) is 9.69 Å². The highest BCUT2D eigenvalue weighted by molar-refractivity contribution is 5.76. The van der Waals surface area contributed by atoms with Crippen molar-refractivity contribution in [1.29, 1.82) is 0 Å². The van der Waals surface area contributed by atoms with E-state index in [9.17, 15) is 4.79 Å². The summed E-state index contributed by atoms with van der Waals surface area (Å²) in [6.45, 7) is 6.64. The average Bonchev–Trinajstić information content (AvgIpc) is 3.17. The van der Waals surface area contributed by atoms with E-state index in [-0.39, 0.29) is 11.8 Å². The van der Waals surface area contributed by atoms with Gasteiger partial charge in [-0.1, -0.05) is 12.1 Å². The van der Waals surface area contributed by atoms with Gasteiger partial charge in [0, 0.05) is 30.8 Å². The third-order valence-corrected chi connectivity index (χ3v) is 5.80. The quantitative estimate of drug-likeness (QED) is 0.842. The van der Waals surface area contributed by atoms with Crippen molar-refractivity contribution in [3.63, 3.8) is 0 Å². The van der Waals surface area contributed by atoms with Gasteiger partial charge in [0.25, 0.3) is 0 Å². The Labute approximate surface area is 165 Å². The predicted molar refractivity (Wildman–Crippen MR) is 105 cm³/mol. The number of hydrogen-bond acceptors (Lipinski definition) is 7. The number of carbonyl (C=O) groups excluding carboxylic acids is 1. The molecule has 8 nitrogen and oxygen atoms in total. The number of pyridine rings is 1. The lowest BCUT2D eigenvalue weighted by molar-refractivity contribution is -0.123. The van der Waals surface area contributed by atoms with Crippen LogP contribution in [0.25, 0.3) is 11.4 Å². The third-order valence-electron chi connectivity index (χ3n) is 5.80. The first-order valence-electron chi connectivity index (χ1n) is 10.1. The Morgan fingerprint density at radius 1 is 1.25 bits per heavy atom. The standard InChI is InChI=1S/C20H28N6O2/c1-14-3-2-8-26(12-14)17-5-4-16(11-22-17)20-23-18(28-24-20)13-25-9-6-15(7-10-25)19(21)27/h4-5,11,14-15H,2-3,6-10,12-13H2,1H3,(H2,21,27). The number of amides is 1. The topological polar surface area (TPSA) is 101 Å². The molecule has 1 amide bonds. The van der Waals surface area contributed by atoms with Crippen molar-refractivity contribution in [1.82, 2.24) is 20.0 Å². The summed E-state index contributed by atoms with van der Waals surface area (Å²) in [6.07, 6.45) is 5.91. The minimum Gasteiger partial charge on any atom is -0.369 e. The van der Waals surface area contributed by atoms with Crippen LogP contribution in [-0.2, 0) is 11.3 Å². The normalized spacial score (nSPS) is 21.8. The number of carbonyl (C=O) groups is 1. The van der Waals surface area contributed by atoms with Gasteiger partial charge in [-0.25, -0.2) is 4.98 Å². The average molecular weight is 384 g/mol. The zero-order valence-electron chi connectivity index (χ0n) is 16.4. The van der Waals surface area contributed by atoms with E-state index in [1.165, 1.54) is 12.8 Å². The molecule has 0 bridgehead atoms. The first-order valence-corrected chi connectivity index (χ1v) is 10.1. The fourth-order valence-electron chi connectivity index (χ4n) is 4.11. The fraction of sp³-hybridized carbons (Fsp3) is 0.600. The Hall–Kier alpha value is -2.48. The van der Waals surface area contributed by atoms with Crippen molar-refractivity contribution in [3.8, 4) is 11.4 Å². The van der Waals surface area contributed by atoms with Crippen LogP contribution in [-0.4, -0.2) is 52.1 Å². The number of nitrogens with two attached hydrogens (primary N) is 1. The van der Waals surface area contributed by atoms with E-state index in [0.29, 0.717) is 24.2 Å². The van der Waals surface area contributed by atoms with Crippen LogP contribution in [0.3, 0.4) is 0 Å². The molecule has 2 aromatic rings. The number of likely N-dealkylation sites (tertiary alicyclic amines) is 1. The number of piperidine rings is 2. The molecular formula is C20H28N6O2. The Morgan fingerprint density at radius 3 is 2.75 bits per heavy atom. The van der Waals surface area contributed by atoms with Gasteiger partial charge in [0.2, 0.25) is 17.6 Å². The van der Waals surface area contributed by atoms with Crippen molar-refractivity contribution < 1.29 is 9.32 Å². The molecule has 2 aromatic heterocycles. The molecule has 2 N–H and O–H groups in total. The van der Waals surface area contributed by atoms with Crippen molar-refractivity contribution in [2.75, 3.05) is 31.1 Å². The van der Waals surface area contributed by atoms with Crippen molar-refractivity contribution in [2.45, 2.75) is 39.2 Å². The highest BCUT2D eigenvalue weighted by Crippen LogP contribution is 2.24. The minimum atomic E-state index is -0.199. The summed E-state index contributed by atoms with van der Waals surface area (Å²) < 4.78 is 5.42. The van der Waals surface area contributed by atoms with E-state index in [1.54, 1.807) is 0 Å². The minimum absolute atomic E-state index is 0.0121. The largest absolute Gasteiger partial charge is 0.369 e. The number of nitrogens with zero attached hydrogens (tertiary/aromatic N) is 5. The summed E-state index contributed by atoms with van der Waals surface area (Å²) in [4.78, 5) is 25.0. The van der Waals surface area contributed by atoms with E-state index in [4.69, 9.17) is 10.3 Å². The molecule has 4 rings (SSSR count). The number of hydrogen-bond donors (Lipinski definition) is 1. The molecule has 4 heterocycles. The third kappa shape index (κ3) is 4.32. The first-order chi connectivity index (χ1) is 13.6. The molecule has 28 heavy (non-hydrogen) atoms. The molecule has 0 aliphatic carbocycles. The van der Waals surface area contributed by atoms with Crippen LogP contribution < -0.4 is 10.6 Å². The number of rotatable bonds is 5. The van der Waals surface area contributed by atoms with Crippen LogP contribution >= 0.6 is 0 Å². The van der Waals surface area contributed by atoms with E-state index in [0.717, 1.165) is 50.4 Å². The van der Waals surface area contributed by atoms with Gasteiger partial charge < -0.3 is 15.2 Å². The summed E-state index contributed by atoms with van der Waals surface area (Å²) in [5.74, 6) is 2.66. The van der Waals surface area contributed by atoms with Gasteiger partial charge in [0.05, 0.1) is 6.54 Å². The predicted octanol–water partition coefficient (Wildman–Crippen LogP) is 2.07. The lowest BCUT2D eigenvalue weighted by atomic mass is 9.96. The highest BCUT2D eigenvalue weighted by Gasteiger charge is 2.24. The molecule has 2 aliphatic rings. The van der Waals surface area contributed by atoms with E-state index in [2.05, 4.69) is 31.8 Å². The lowest BCUT2D eigenvalue weighted by Crippen LogP contribution is -2.38. The molecule has 2 fully saturated rings. The second kappa shape index (κ2) is 8.26. The molecule has 150 valence electrons. The fourth-order valence-corrected chi connectivity index (χ4v) is 4.11. The Morgan fingerprint density at radius 2 is 2.07 bits per heavy atom. The van der Waals surface area contributed by atoms with Crippen LogP contribution in [0.15, 0.2) is 22.9 Å². The van der Waals surface area contributed by atoms with Crippen molar-refractivity contribution in [2.24, 2.45) is 17.6 Å².